The zero-order valence-corrected chi connectivity index (χ0v) is 18.9. The monoisotopic (exact) mass is 453 g/mol. The maximum Gasteiger partial charge on any atom is 0.275 e. The van der Waals surface area contributed by atoms with Crippen LogP contribution in [-0.2, 0) is 9.53 Å². The molecule has 0 spiro atoms. The van der Waals surface area contributed by atoms with Crippen LogP contribution in [0.5, 0.6) is 5.75 Å². The van der Waals surface area contributed by atoms with Gasteiger partial charge < -0.3 is 24.6 Å². The molecule has 0 unspecified atom stereocenters. The highest BCUT2D eigenvalue weighted by atomic mass is 16.5. The molecule has 174 valence electrons. The maximum absolute atomic E-state index is 13.3. The molecule has 1 fully saturated rings. The van der Waals surface area contributed by atoms with Gasteiger partial charge in [0, 0.05) is 39.2 Å². The van der Waals surface area contributed by atoms with Crippen molar-refractivity contribution in [1.29, 1.82) is 0 Å². The smallest absolute Gasteiger partial charge is 0.275 e. The minimum Gasteiger partial charge on any atom is -0.490 e. The first-order valence-corrected chi connectivity index (χ1v) is 10.8. The average molecular weight is 453 g/mol. The number of anilines is 1. The Labute approximate surface area is 191 Å². The third-order valence-corrected chi connectivity index (χ3v) is 5.97. The van der Waals surface area contributed by atoms with Crippen LogP contribution < -0.4 is 10.1 Å². The Morgan fingerprint density at radius 1 is 1.24 bits per heavy atom. The zero-order valence-electron chi connectivity index (χ0n) is 18.9. The lowest BCUT2D eigenvalue weighted by Gasteiger charge is -2.42. The number of carbonyl (C=O) groups excluding carboxylic acids is 3. The highest BCUT2D eigenvalue weighted by molar-refractivity contribution is 6.04. The van der Waals surface area contributed by atoms with Crippen molar-refractivity contribution in [2.75, 3.05) is 33.1 Å². The number of carbonyl (C=O) groups is 3. The highest BCUT2D eigenvalue weighted by Crippen LogP contribution is 2.32. The fraction of sp³-hybridized carbons (Fsp3) is 0.435. The minimum absolute atomic E-state index is 0.0102. The quantitative estimate of drug-likeness (QED) is 0.748. The molecule has 2 aliphatic heterocycles. The molecular formula is C23H27N5O5. The number of ether oxygens (including phenoxy) is 2. The van der Waals surface area contributed by atoms with E-state index >= 15 is 0 Å². The van der Waals surface area contributed by atoms with E-state index in [1.165, 1.54) is 18.6 Å². The molecule has 3 heterocycles. The standard InChI is InChI=1S/C23H27N5O5/c1-27(2)21(29)11-15-5-6-18-20(33-15)13-32-19-7-4-14(10-16(19)23(31)28(18)3)26-22(30)17-12-24-8-9-25-17/h4,7-10,12,15,18,20H,5-6,11,13H2,1-3H3,(H,26,30)/t15-,18+,20-/m1/s1. The van der Waals surface area contributed by atoms with Crippen LogP contribution in [0.15, 0.2) is 36.8 Å². The van der Waals surface area contributed by atoms with Crippen molar-refractivity contribution in [2.24, 2.45) is 0 Å². The largest absolute Gasteiger partial charge is 0.490 e. The first-order chi connectivity index (χ1) is 15.8. The van der Waals surface area contributed by atoms with E-state index in [1.807, 2.05) is 0 Å². The number of benzene rings is 1. The predicted octanol–water partition coefficient (Wildman–Crippen LogP) is 1.59. The summed E-state index contributed by atoms with van der Waals surface area (Å²) in [6, 6.07) is 4.75. The molecule has 0 bridgehead atoms. The minimum atomic E-state index is -0.422. The van der Waals surface area contributed by atoms with Crippen LogP contribution >= 0.6 is 0 Å². The van der Waals surface area contributed by atoms with Gasteiger partial charge in [-0.2, -0.15) is 0 Å². The molecule has 3 atom stereocenters. The van der Waals surface area contributed by atoms with Crippen LogP contribution in [0.25, 0.3) is 0 Å². The van der Waals surface area contributed by atoms with Gasteiger partial charge in [-0.15, -0.1) is 0 Å². The number of hydrogen-bond donors (Lipinski definition) is 1. The summed E-state index contributed by atoms with van der Waals surface area (Å²) in [5.74, 6) is -0.217. The van der Waals surface area contributed by atoms with Gasteiger partial charge in [-0.25, -0.2) is 4.98 Å². The average Bonchev–Trinajstić information content (AvgIpc) is 2.82. The van der Waals surface area contributed by atoms with Gasteiger partial charge in [0.05, 0.1) is 30.3 Å². The molecule has 1 saturated heterocycles. The zero-order chi connectivity index (χ0) is 23.5. The SMILES string of the molecule is CN(C)C(=O)C[C@H]1CC[C@H]2[C@@H](COc3ccc(NC(=O)c4cnccn4)cc3C(=O)N2C)O1. The third-order valence-electron chi connectivity index (χ3n) is 5.97. The summed E-state index contributed by atoms with van der Waals surface area (Å²) in [4.78, 5) is 48.9. The molecule has 0 radical (unpaired) electrons. The van der Waals surface area contributed by atoms with Crippen molar-refractivity contribution in [3.8, 4) is 5.75 Å². The molecule has 1 N–H and O–H groups in total. The number of nitrogens with zero attached hydrogens (tertiary/aromatic N) is 4. The second-order valence-corrected chi connectivity index (χ2v) is 8.42. The number of nitrogens with one attached hydrogen (secondary N) is 1. The molecule has 10 nitrogen and oxygen atoms in total. The van der Waals surface area contributed by atoms with E-state index in [2.05, 4.69) is 15.3 Å². The van der Waals surface area contributed by atoms with Gasteiger partial charge in [0.2, 0.25) is 5.91 Å². The molecule has 2 aromatic rings. The first kappa shape index (κ1) is 22.7. The summed E-state index contributed by atoms with van der Waals surface area (Å²) in [6.07, 6.45) is 5.44. The fourth-order valence-corrected chi connectivity index (χ4v) is 4.09. The predicted molar refractivity (Wildman–Crippen MR) is 119 cm³/mol. The second-order valence-electron chi connectivity index (χ2n) is 8.42. The van der Waals surface area contributed by atoms with Gasteiger partial charge in [0.15, 0.2) is 0 Å². The van der Waals surface area contributed by atoms with Crippen molar-refractivity contribution in [2.45, 2.75) is 37.5 Å². The summed E-state index contributed by atoms with van der Waals surface area (Å²) < 4.78 is 12.1. The molecule has 0 aliphatic carbocycles. The van der Waals surface area contributed by atoms with Crippen molar-refractivity contribution in [3.05, 3.63) is 48.0 Å². The van der Waals surface area contributed by atoms with E-state index in [-0.39, 0.29) is 42.4 Å². The van der Waals surface area contributed by atoms with Gasteiger partial charge >= 0.3 is 0 Å². The molecule has 33 heavy (non-hydrogen) atoms. The number of likely N-dealkylation sites (N-methyl/N-ethyl adjacent to an activating group) is 1. The Morgan fingerprint density at radius 2 is 2.06 bits per heavy atom. The number of rotatable bonds is 4. The van der Waals surface area contributed by atoms with Gasteiger partial charge in [-0.3, -0.25) is 19.4 Å². The van der Waals surface area contributed by atoms with Crippen LogP contribution in [0.2, 0.25) is 0 Å². The second kappa shape index (κ2) is 9.53. The highest BCUT2D eigenvalue weighted by Gasteiger charge is 2.39. The molecular weight excluding hydrogens is 426 g/mol. The van der Waals surface area contributed by atoms with Crippen molar-refractivity contribution < 1.29 is 23.9 Å². The van der Waals surface area contributed by atoms with E-state index in [1.54, 1.807) is 49.1 Å². The first-order valence-electron chi connectivity index (χ1n) is 10.8. The van der Waals surface area contributed by atoms with E-state index in [0.29, 0.717) is 36.3 Å². The summed E-state index contributed by atoms with van der Waals surface area (Å²) in [5.41, 5.74) is 0.986. The normalized spacial score (nSPS) is 22.2. The van der Waals surface area contributed by atoms with Gasteiger partial charge in [-0.05, 0) is 31.0 Å². The van der Waals surface area contributed by atoms with Crippen molar-refractivity contribution >= 4 is 23.4 Å². The van der Waals surface area contributed by atoms with Crippen LogP contribution in [-0.4, -0.2) is 83.5 Å². The number of aromatic nitrogens is 2. The van der Waals surface area contributed by atoms with E-state index in [4.69, 9.17) is 9.47 Å². The van der Waals surface area contributed by atoms with E-state index in [0.717, 1.165) is 0 Å². The number of fused-ring (bicyclic) bond motifs is 2. The van der Waals surface area contributed by atoms with Crippen LogP contribution in [0.4, 0.5) is 5.69 Å². The number of amides is 3. The summed E-state index contributed by atoms with van der Waals surface area (Å²) in [5, 5.41) is 2.74. The lowest BCUT2D eigenvalue weighted by molar-refractivity contribution is -0.140. The molecule has 1 aromatic carbocycles. The molecule has 0 saturated carbocycles. The summed E-state index contributed by atoms with van der Waals surface area (Å²) in [6.45, 7) is 0.257. The molecule has 2 aliphatic rings. The Bertz CT molecular complexity index is 1040. The lowest BCUT2D eigenvalue weighted by Crippen LogP contribution is -2.53. The van der Waals surface area contributed by atoms with Crippen LogP contribution in [0.1, 0.15) is 40.1 Å². The van der Waals surface area contributed by atoms with Crippen molar-refractivity contribution in [3.63, 3.8) is 0 Å². The van der Waals surface area contributed by atoms with Crippen molar-refractivity contribution in [1.82, 2.24) is 19.8 Å². The Hall–Kier alpha value is -3.53. The van der Waals surface area contributed by atoms with Gasteiger partial charge in [-0.1, -0.05) is 0 Å². The Morgan fingerprint density at radius 3 is 2.79 bits per heavy atom. The fourth-order valence-electron chi connectivity index (χ4n) is 4.09. The summed E-state index contributed by atoms with van der Waals surface area (Å²) >= 11 is 0. The van der Waals surface area contributed by atoms with Crippen LogP contribution in [0.3, 0.4) is 0 Å². The van der Waals surface area contributed by atoms with E-state index in [9.17, 15) is 14.4 Å². The summed E-state index contributed by atoms with van der Waals surface area (Å²) in [7, 11) is 5.19. The van der Waals surface area contributed by atoms with E-state index < -0.39 is 5.91 Å². The lowest BCUT2D eigenvalue weighted by atomic mass is 9.94. The van der Waals surface area contributed by atoms with Gasteiger partial charge in [0.25, 0.3) is 11.8 Å². The Kier molecular flexibility index (Phi) is 6.55. The Balaban J connectivity index is 1.50. The molecule has 3 amide bonds. The maximum atomic E-state index is 13.3. The molecule has 4 rings (SSSR count). The number of hydrogen-bond acceptors (Lipinski definition) is 7. The topological polar surface area (TPSA) is 114 Å². The molecule has 1 aromatic heterocycles. The van der Waals surface area contributed by atoms with Crippen LogP contribution in [0, 0.1) is 0 Å². The third kappa shape index (κ3) is 4.95. The van der Waals surface area contributed by atoms with Gasteiger partial charge in [0.1, 0.15) is 24.2 Å². The molecule has 10 heteroatoms.